The number of hydrogen-bond acceptors (Lipinski definition) is 4. The topological polar surface area (TPSA) is 94.1 Å². The van der Waals surface area contributed by atoms with Gasteiger partial charge in [0.2, 0.25) is 5.91 Å². The minimum Gasteiger partial charge on any atom is -0.369 e. The molecule has 0 spiro atoms. The molecule has 0 unspecified atom stereocenters. The van der Waals surface area contributed by atoms with Crippen molar-refractivity contribution in [1.29, 1.82) is 0 Å². The van der Waals surface area contributed by atoms with Crippen LogP contribution in [0.1, 0.15) is 29.0 Å². The molecule has 2 aromatic rings. The second kappa shape index (κ2) is 6.60. The van der Waals surface area contributed by atoms with Crippen LogP contribution < -0.4 is 5.73 Å². The van der Waals surface area contributed by atoms with Gasteiger partial charge >= 0.3 is 0 Å². The monoisotopic (exact) mass is 347 g/mol. The molecule has 2 amide bonds. The molecule has 0 atom stereocenters. The highest BCUT2D eigenvalue weighted by atomic mass is 35.5. The van der Waals surface area contributed by atoms with Gasteiger partial charge in [0.15, 0.2) is 5.69 Å². The van der Waals surface area contributed by atoms with Gasteiger partial charge in [-0.2, -0.15) is 0 Å². The Balaban J connectivity index is 1.79. The van der Waals surface area contributed by atoms with Gasteiger partial charge in [0.1, 0.15) is 0 Å². The molecule has 24 heavy (non-hydrogen) atoms. The number of halogens is 1. The number of carbonyl (C=O) groups excluding carboxylic acids is 2. The summed E-state index contributed by atoms with van der Waals surface area (Å²) in [7, 11) is 0. The van der Waals surface area contributed by atoms with Gasteiger partial charge in [-0.3, -0.25) is 9.59 Å². The van der Waals surface area contributed by atoms with E-state index in [1.165, 1.54) is 0 Å². The van der Waals surface area contributed by atoms with Crippen molar-refractivity contribution < 1.29 is 9.59 Å². The molecule has 7 nitrogen and oxygen atoms in total. The predicted octanol–water partition coefficient (Wildman–Crippen LogP) is 1.57. The third kappa shape index (κ3) is 3.12. The molecule has 1 fully saturated rings. The first kappa shape index (κ1) is 16.4. The number of rotatable bonds is 3. The molecule has 1 aromatic heterocycles. The van der Waals surface area contributed by atoms with E-state index in [9.17, 15) is 9.59 Å². The Hall–Kier alpha value is -2.41. The van der Waals surface area contributed by atoms with Crippen LogP contribution in [0.4, 0.5) is 0 Å². The van der Waals surface area contributed by atoms with Crippen molar-refractivity contribution >= 4 is 23.4 Å². The molecule has 0 bridgehead atoms. The molecule has 1 aliphatic rings. The largest absolute Gasteiger partial charge is 0.369 e. The SMILES string of the molecule is Cc1c(C(=O)N2CCC(C(N)=O)CC2)nnn1-c1cccc(Cl)c1. The summed E-state index contributed by atoms with van der Waals surface area (Å²) in [5.41, 5.74) is 7.04. The van der Waals surface area contributed by atoms with E-state index in [2.05, 4.69) is 10.3 Å². The number of carbonyl (C=O) groups is 2. The van der Waals surface area contributed by atoms with Gasteiger partial charge in [0, 0.05) is 24.0 Å². The predicted molar refractivity (Wildman–Crippen MR) is 88.9 cm³/mol. The van der Waals surface area contributed by atoms with Crippen molar-refractivity contribution in [2.75, 3.05) is 13.1 Å². The van der Waals surface area contributed by atoms with E-state index in [0.717, 1.165) is 5.69 Å². The number of aromatic nitrogens is 3. The van der Waals surface area contributed by atoms with E-state index >= 15 is 0 Å². The summed E-state index contributed by atoms with van der Waals surface area (Å²) in [5, 5.41) is 8.70. The third-order valence-electron chi connectivity index (χ3n) is 4.33. The molecular weight excluding hydrogens is 330 g/mol. The van der Waals surface area contributed by atoms with Crippen LogP contribution in [0, 0.1) is 12.8 Å². The average molecular weight is 348 g/mol. The van der Waals surface area contributed by atoms with Crippen molar-refractivity contribution in [2.45, 2.75) is 19.8 Å². The zero-order valence-electron chi connectivity index (χ0n) is 13.3. The number of benzene rings is 1. The number of hydrogen-bond donors (Lipinski definition) is 1. The van der Waals surface area contributed by atoms with E-state index in [1.807, 2.05) is 12.1 Å². The zero-order valence-corrected chi connectivity index (χ0v) is 14.0. The smallest absolute Gasteiger partial charge is 0.276 e. The molecule has 0 radical (unpaired) electrons. The van der Waals surface area contributed by atoms with E-state index < -0.39 is 0 Å². The first-order valence-electron chi connectivity index (χ1n) is 7.74. The molecule has 1 saturated heterocycles. The lowest BCUT2D eigenvalue weighted by Gasteiger charge is -2.30. The number of likely N-dealkylation sites (tertiary alicyclic amines) is 1. The second-order valence-electron chi connectivity index (χ2n) is 5.88. The standard InChI is InChI=1S/C16H18ClN5O2/c1-10-14(16(24)21-7-5-11(6-8-21)15(18)23)19-20-22(10)13-4-2-3-12(17)9-13/h2-4,9,11H,5-8H2,1H3,(H2,18,23). The van der Waals surface area contributed by atoms with Gasteiger partial charge < -0.3 is 10.6 Å². The van der Waals surface area contributed by atoms with Crippen molar-refractivity contribution in [3.63, 3.8) is 0 Å². The summed E-state index contributed by atoms with van der Waals surface area (Å²) in [6.45, 7) is 2.79. The molecule has 8 heteroatoms. The number of nitrogens with two attached hydrogens (primary N) is 1. The number of amides is 2. The summed E-state index contributed by atoms with van der Waals surface area (Å²) in [6, 6.07) is 7.19. The minimum atomic E-state index is -0.301. The van der Waals surface area contributed by atoms with Crippen LogP contribution in [0.3, 0.4) is 0 Å². The fraction of sp³-hybridized carbons (Fsp3) is 0.375. The quantitative estimate of drug-likeness (QED) is 0.911. The van der Waals surface area contributed by atoms with Crippen molar-refractivity contribution in [1.82, 2.24) is 19.9 Å². The highest BCUT2D eigenvalue weighted by Gasteiger charge is 2.29. The fourth-order valence-corrected chi connectivity index (χ4v) is 3.08. The van der Waals surface area contributed by atoms with Gasteiger partial charge in [-0.1, -0.05) is 22.9 Å². The van der Waals surface area contributed by atoms with E-state index in [0.29, 0.717) is 42.3 Å². The molecule has 2 heterocycles. The van der Waals surface area contributed by atoms with Crippen LogP contribution >= 0.6 is 11.6 Å². The molecule has 2 N–H and O–H groups in total. The second-order valence-corrected chi connectivity index (χ2v) is 6.32. The first-order valence-corrected chi connectivity index (χ1v) is 8.12. The van der Waals surface area contributed by atoms with Gasteiger partial charge in [0.05, 0.1) is 11.4 Å². The summed E-state index contributed by atoms with van der Waals surface area (Å²) in [5.74, 6) is -0.633. The van der Waals surface area contributed by atoms with Gasteiger partial charge in [-0.25, -0.2) is 4.68 Å². The number of nitrogens with zero attached hydrogens (tertiary/aromatic N) is 4. The van der Waals surface area contributed by atoms with Crippen molar-refractivity contribution in [3.8, 4) is 5.69 Å². The lowest BCUT2D eigenvalue weighted by Crippen LogP contribution is -2.42. The maximum Gasteiger partial charge on any atom is 0.276 e. The normalized spacial score (nSPS) is 15.5. The van der Waals surface area contributed by atoms with Crippen LogP contribution in [-0.4, -0.2) is 44.8 Å². The Morgan fingerprint density at radius 2 is 2.00 bits per heavy atom. The molecule has 0 saturated carbocycles. The third-order valence-corrected chi connectivity index (χ3v) is 4.57. The van der Waals surface area contributed by atoms with Crippen LogP contribution in [0.5, 0.6) is 0 Å². The Kier molecular flexibility index (Phi) is 4.53. The molecule has 1 aliphatic heterocycles. The van der Waals surface area contributed by atoms with Gasteiger partial charge in [-0.05, 0) is 38.0 Å². The molecule has 126 valence electrons. The Bertz CT molecular complexity index is 781. The Morgan fingerprint density at radius 3 is 2.62 bits per heavy atom. The van der Waals surface area contributed by atoms with Crippen LogP contribution in [0.25, 0.3) is 5.69 Å². The lowest BCUT2D eigenvalue weighted by molar-refractivity contribution is -0.123. The number of piperidine rings is 1. The summed E-state index contributed by atoms with van der Waals surface area (Å²) in [4.78, 5) is 25.6. The molecule has 3 rings (SSSR count). The summed E-state index contributed by atoms with van der Waals surface area (Å²) >= 11 is 6.00. The minimum absolute atomic E-state index is 0.155. The first-order chi connectivity index (χ1) is 11.5. The highest BCUT2D eigenvalue weighted by Crippen LogP contribution is 2.21. The van der Waals surface area contributed by atoms with Crippen molar-refractivity contribution in [3.05, 3.63) is 40.7 Å². The maximum absolute atomic E-state index is 12.7. The van der Waals surface area contributed by atoms with Crippen LogP contribution in [-0.2, 0) is 4.79 Å². The van der Waals surface area contributed by atoms with Crippen molar-refractivity contribution in [2.24, 2.45) is 11.7 Å². The highest BCUT2D eigenvalue weighted by molar-refractivity contribution is 6.30. The van der Waals surface area contributed by atoms with Gasteiger partial charge in [-0.15, -0.1) is 5.10 Å². The van der Waals surface area contributed by atoms with E-state index in [1.54, 1.807) is 28.6 Å². The Labute approximate surface area is 144 Å². The maximum atomic E-state index is 12.7. The van der Waals surface area contributed by atoms with Crippen LogP contribution in [0.2, 0.25) is 5.02 Å². The molecule has 0 aliphatic carbocycles. The zero-order chi connectivity index (χ0) is 17.3. The van der Waals surface area contributed by atoms with E-state index in [4.69, 9.17) is 17.3 Å². The van der Waals surface area contributed by atoms with Crippen LogP contribution in [0.15, 0.2) is 24.3 Å². The Morgan fingerprint density at radius 1 is 1.29 bits per heavy atom. The lowest BCUT2D eigenvalue weighted by atomic mass is 9.96. The van der Waals surface area contributed by atoms with Gasteiger partial charge in [0.25, 0.3) is 5.91 Å². The fourth-order valence-electron chi connectivity index (χ4n) is 2.90. The van der Waals surface area contributed by atoms with E-state index in [-0.39, 0.29) is 17.7 Å². The summed E-state index contributed by atoms with van der Waals surface area (Å²) < 4.78 is 1.59. The summed E-state index contributed by atoms with van der Waals surface area (Å²) in [6.07, 6.45) is 1.17. The molecular formula is C16H18ClN5O2. The molecule has 1 aromatic carbocycles. The number of primary amides is 1. The average Bonchev–Trinajstić information content (AvgIpc) is 2.96.